The van der Waals surface area contributed by atoms with E-state index in [1.54, 1.807) is 13.8 Å². The summed E-state index contributed by atoms with van der Waals surface area (Å²) >= 11 is 0. The monoisotopic (exact) mass is 327 g/mol. The van der Waals surface area contributed by atoms with Crippen molar-refractivity contribution in [3.63, 3.8) is 0 Å². The number of carbonyl (C=O) groups is 1. The quantitative estimate of drug-likeness (QED) is 0.730. The molecule has 126 valence electrons. The number of nitrogens with two attached hydrogens (primary N) is 1. The molecule has 3 heterocycles. The van der Waals surface area contributed by atoms with Crippen molar-refractivity contribution in [3.8, 4) is 0 Å². The highest BCUT2D eigenvalue weighted by atomic mass is 16.8. The number of hydrogen-bond donors (Lipinski definition) is 2. The number of H-pyrrole nitrogens is 1. The van der Waals surface area contributed by atoms with Crippen LogP contribution in [0.4, 0.5) is 4.79 Å². The maximum absolute atomic E-state index is 12.0. The molecule has 2 saturated heterocycles. The first-order valence-corrected chi connectivity index (χ1v) is 7.02. The standard InChI is InChI=1S/C13H17N3O7/c1-13(2)22-8-6(5-20-11(14)18)21-10(9(8)23-13)16-4-3-7(17)15-12(16)19/h3-4,6,8-10H,5H2,1-2H3,(H2,14,18)(H,15,17,19)/t6-,8-,9-,10-/m1/s1. The Labute approximate surface area is 130 Å². The van der Waals surface area contributed by atoms with Crippen LogP contribution in [0.5, 0.6) is 0 Å². The summed E-state index contributed by atoms with van der Waals surface area (Å²) in [5, 5.41) is 0. The molecule has 3 rings (SSSR count). The molecule has 0 bridgehead atoms. The van der Waals surface area contributed by atoms with Crippen LogP contribution in [-0.2, 0) is 18.9 Å². The first kappa shape index (κ1) is 15.7. The van der Waals surface area contributed by atoms with E-state index in [1.807, 2.05) is 0 Å². The first-order chi connectivity index (χ1) is 10.8. The van der Waals surface area contributed by atoms with Crippen molar-refractivity contribution in [2.24, 2.45) is 5.73 Å². The topological polar surface area (TPSA) is 135 Å². The third kappa shape index (κ3) is 3.00. The number of hydrogen-bond acceptors (Lipinski definition) is 7. The maximum atomic E-state index is 12.0. The number of ether oxygens (including phenoxy) is 4. The number of primary amides is 1. The molecule has 4 atom stereocenters. The summed E-state index contributed by atoms with van der Waals surface area (Å²) in [7, 11) is 0. The van der Waals surface area contributed by atoms with E-state index in [2.05, 4.69) is 4.98 Å². The SMILES string of the molecule is CC1(C)O[C@@H]2[C@H](O1)[C@@H](COC(N)=O)O[C@H]2n1ccc(=O)[nH]c1=O. The van der Waals surface area contributed by atoms with Crippen LogP contribution in [0.15, 0.2) is 21.9 Å². The van der Waals surface area contributed by atoms with Gasteiger partial charge < -0.3 is 24.7 Å². The Morgan fingerprint density at radius 1 is 1.39 bits per heavy atom. The number of aromatic amines is 1. The van der Waals surface area contributed by atoms with E-state index in [4.69, 9.17) is 24.7 Å². The third-order valence-electron chi connectivity index (χ3n) is 3.64. The van der Waals surface area contributed by atoms with Crippen molar-refractivity contribution in [1.29, 1.82) is 0 Å². The van der Waals surface area contributed by atoms with Gasteiger partial charge in [0.25, 0.3) is 5.56 Å². The molecule has 10 heteroatoms. The highest BCUT2D eigenvalue weighted by molar-refractivity contribution is 5.64. The second-order valence-electron chi connectivity index (χ2n) is 5.78. The summed E-state index contributed by atoms with van der Waals surface area (Å²) in [4.78, 5) is 36.1. The zero-order valence-corrected chi connectivity index (χ0v) is 12.6. The Morgan fingerprint density at radius 2 is 2.09 bits per heavy atom. The largest absolute Gasteiger partial charge is 0.447 e. The summed E-state index contributed by atoms with van der Waals surface area (Å²) in [6.07, 6.45) is -2.25. The number of carbonyl (C=O) groups excluding carboxylic acids is 1. The Kier molecular flexibility index (Phi) is 3.74. The van der Waals surface area contributed by atoms with E-state index in [0.29, 0.717) is 0 Å². The smallest absolute Gasteiger partial charge is 0.404 e. The molecule has 10 nitrogen and oxygen atoms in total. The Hall–Kier alpha value is -2.17. The van der Waals surface area contributed by atoms with Crippen LogP contribution in [0.2, 0.25) is 0 Å². The summed E-state index contributed by atoms with van der Waals surface area (Å²) < 4.78 is 23.3. The maximum Gasteiger partial charge on any atom is 0.404 e. The van der Waals surface area contributed by atoms with E-state index in [0.717, 1.165) is 0 Å². The number of aromatic nitrogens is 2. The summed E-state index contributed by atoms with van der Waals surface area (Å²) in [5.41, 5.74) is 3.82. The van der Waals surface area contributed by atoms with Gasteiger partial charge >= 0.3 is 11.8 Å². The van der Waals surface area contributed by atoms with E-state index in [9.17, 15) is 14.4 Å². The van der Waals surface area contributed by atoms with Crippen molar-refractivity contribution < 1.29 is 23.7 Å². The minimum absolute atomic E-state index is 0.134. The minimum atomic E-state index is -0.937. The fourth-order valence-corrected chi connectivity index (χ4v) is 2.81. The van der Waals surface area contributed by atoms with Gasteiger partial charge in [-0.3, -0.25) is 14.3 Å². The normalized spacial score (nSPS) is 31.7. The van der Waals surface area contributed by atoms with Crippen molar-refractivity contribution >= 4 is 6.09 Å². The van der Waals surface area contributed by atoms with Crippen LogP contribution in [0.3, 0.4) is 0 Å². The molecule has 1 amide bonds. The predicted molar refractivity (Wildman–Crippen MR) is 74.6 cm³/mol. The van der Waals surface area contributed by atoms with Crippen LogP contribution in [0, 0.1) is 0 Å². The van der Waals surface area contributed by atoms with Gasteiger partial charge in [0.15, 0.2) is 12.0 Å². The van der Waals surface area contributed by atoms with E-state index >= 15 is 0 Å². The van der Waals surface area contributed by atoms with Crippen molar-refractivity contribution in [1.82, 2.24) is 9.55 Å². The average Bonchev–Trinajstić information content (AvgIpc) is 2.90. The number of nitrogens with zero attached hydrogens (tertiary/aromatic N) is 1. The summed E-state index contributed by atoms with van der Waals surface area (Å²) in [6, 6.07) is 1.20. The molecular weight excluding hydrogens is 310 g/mol. The predicted octanol–water partition coefficient (Wildman–Crippen LogP) is -0.951. The van der Waals surface area contributed by atoms with Crippen molar-refractivity contribution in [3.05, 3.63) is 33.1 Å². The number of nitrogens with one attached hydrogen (secondary N) is 1. The summed E-state index contributed by atoms with van der Waals surface area (Å²) in [6.45, 7) is 3.32. The first-order valence-electron chi connectivity index (χ1n) is 7.02. The zero-order chi connectivity index (χ0) is 16.8. The number of amides is 1. The van der Waals surface area contributed by atoms with Crippen molar-refractivity contribution in [2.45, 2.75) is 44.2 Å². The average molecular weight is 327 g/mol. The van der Waals surface area contributed by atoms with E-state index < -0.39 is 47.7 Å². The second kappa shape index (κ2) is 5.48. The Bertz CT molecular complexity index is 725. The lowest BCUT2D eigenvalue weighted by atomic mass is 10.1. The molecule has 0 saturated carbocycles. The van der Waals surface area contributed by atoms with Crippen molar-refractivity contribution in [2.75, 3.05) is 6.61 Å². The number of rotatable bonds is 3. The van der Waals surface area contributed by atoms with Gasteiger partial charge in [-0.25, -0.2) is 9.59 Å². The van der Waals surface area contributed by atoms with Crippen LogP contribution < -0.4 is 17.0 Å². The Morgan fingerprint density at radius 3 is 2.74 bits per heavy atom. The molecule has 0 aromatic carbocycles. The molecule has 1 aromatic heterocycles. The van der Waals surface area contributed by atoms with Gasteiger partial charge in [-0.2, -0.15) is 0 Å². The van der Waals surface area contributed by atoms with Gasteiger partial charge in [-0.05, 0) is 13.8 Å². The van der Waals surface area contributed by atoms with Gasteiger partial charge in [0.2, 0.25) is 0 Å². The van der Waals surface area contributed by atoms with Gasteiger partial charge in [-0.15, -0.1) is 0 Å². The molecule has 23 heavy (non-hydrogen) atoms. The second-order valence-corrected chi connectivity index (χ2v) is 5.78. The molecular formula is C13H17N3O7. The zero-order valence-electron chi connectivity index (χ0n) is 12.6. The van der Waals surface area contributed by atoms with E-state index in [-0.39, 0.29) is 6.61 Å². The molecule has 0 unspecified atom stereocenters. The highest BCUT2D eigenvalue weighted by Crippen LogP contribution is 2.42. The fraction of sp³-hybridized carbons (Fsp3) is 0.615. The van der Waals surface area contributed by atoms with Gasteiger partial charge in [0, 0.05) is 12.3 Å². The van der Waals surface area contributed by atoms with Gasteiger partial charge in [-0.1, -0.05) is 0 Å². The molecule has 0 aliphatic carbocycles. The third-order valence-corrected chi connectivity index (χ3v) is 3.64. The lowest BCUT2D eigenvalue weighted by molar-refractivity contribution is -0.200. The molecule has 2 fully saturated rings. The van der Waals surface area contributed by atoms with Crippen LogP contribution in [-0.4, -0.2) is 46.4 Å². The molecule has 2 aliphatic rings. The fourth-order valence-electron chi connectivity index (χ4n) is 2.81. The van der Waals surface area contributed by atoms with Crippen LogP contribution >= 0.6 is 0 Å². The van der Waals surface area contributed by atoms with Gasteiger partial charge in [0.1, 0.15) is 24.9 Å². The highest BCUT2D eigenvalue weighted by Gasteiger charge is 2.56. The van der Waals surface area contributed by atoms with Crippen LogP contribution in [0.25, 0.3) is 0 Å². The molecule has 0 radical (unpaired) electrons. The summed E-state index contributed by atoms with van der Waals surface area (Å²) in [5.74, 6) is -0.881. The molecule has 1 aromatic rings. The van der Waals surface area contributed by atoms with E-state index in [1.165, 1.54) is 16.8 Å². The van der Waals surface area contributed by atoms with Crippen LogP contribution in [0.1, 0.15) is 20.1 Å². The van der Waals surface area contributed by atoms with Gasteiger partial charge in [0.05, 0.1) is 0 Å². The number of fused-ring (bicyclic) bond motifs is 1. The minimum Gasteiger partial charge on any atom is -0.447 e. The molecule has 3 N–H and O–H groups in total. The Balaban J connectivity index is 1.90. The molecule has 0 spiro atoms. The lowest BCUT2D eigenvalue weighted by Crippen LogP contribution is -2.37. The lowest BCUT2D eigenvalue weighted by Gasteiger charge is -2.24. The molecule has 2 aliphatic heterocycles.